The van der Waals surface area contributed by atoms with Crippen molar-refractivity contribution in [1.29, 1.82) is 0 Å². The van der Waals surface area contributed by atoms with Crippen molar-refractivity contribution in [3.05, 3.63) is 53.6 Å². The number of hydrogen-bond acceptors (Lipinski definition) is 2. The third kappa shape index (κ3) is 4.28. The number of carboxylic acids is 1. The second-order valence-corrected chi connectivity index (χ2v) is 16.7. The summed E-state index contributed by atoms with van der Waals surface area (Å²) in [6.45, 7) is 16.4. The molecule has 0 saturated heterocycles. The number of rotatable bonds is 4. The van der Waals surface area contributed by atoms with Crippen LogP contribution in [0.15, 0.2) is 42.5 Å². The standard InChI is InChI=1S/C38H51F3O3/c1-23(11-12-24-9-7-8-10-26(24)38(39,40)41)25-15-20-37(32(43)44)22-21-35(5)27(31(25)37)13-14-29-34(4)18-17-30(42)33(2,3)28(34)16-19-36(29,35)6/h7-12,25,27-31,42H,1,13-22H2,2-6H3,(H,43,44)/b12-11+/t25-,27+,28-,29+,30-,31+,34-,35+,36+,37-/m0/s1. The maximum atomic E-state index is 13.7. The number of fused-ring (bicyclic) bond motifs is 7. The van der Waals surface area contributed by atoms with Crippen molar-refractivity contribution in [1.82, 2.24) is 0 Å². The third-order valence-corrected chi connectivity index (χ3v) is 15.1. The fourth-order valence-corrected chi connectivity index (χ4v) is 12.6. The number of carboxylic acid groups (broad SMARTS) is 1. The van der Waals surface area contributed by atoms with Crippen molar-refractivity contribution in [3.8, 4) is 0 Å². The van der Waals surface area contributed by atoms with E-state index in [1.807, 2.05) is 0 Å². The Bertz CT molecular complexity index is 1360. The lowest BCUT2D eigenvalue weighted by molar-refractivity contribution is -0.248. The second kappa shape index (κ2) is 10.2. The van der Waals surface area contributed by atoms with Gasteiger partial charge in [-0.05, 0) is 127 Å². The quantitative estimate of drug-likeness (QED) is 0.333. The lowest BCUT2D eigenvalue weighted by atomic mass is 9.32. The Morgan fingerprint density at radius 2 is 1.59 bits per heavy atom. The van der Waals surface area contributed by atoms with E-state index in [4.69, 9.17) is 0 Å². The SMILES string of the molecule is C=C(/C=C/c1ccccc1C(F)(F)F)[C@@H]1CC[C@]2(C(=O)O)CC[C@]3(C)[C@H](CC[C@@H]4[C@@]5(C)CC[C@H](O)C(C)(C)[C@@H]5CC[C@]43C)[C@@H]12. The molecule has 5 aliphatic carbocycles. The average molecular weight is 613 g/mol. The summed E-state index contributed by atoms with van der Waals surface area (Å²) in [6.07, 6.45) is 7.48. The van der Waals surface area contributed by atoms with E-state index >= 15 is 0 Å². The molecule has 0 radical (unpaired) electrons. The highest BCUT2D eigenvalue weighted by molar-refractivity contribution is 5.76. The zero-order valence-corrected chi connectivity index (χ0v) is 27.1. The van der Waals surface area contributed by atoms with E-state index in [9.17, 15) is 28.2 Å². The molecule has 1 aromatic carbocycles. The van der Waals surface area contributed by atoms with Crippen LogP contribution in [0.1, 0.15) is 110 Å². The summed E-state index contributed by atoms with van der Waals surface area (Å²) in [6, 6.07) is 5.59. The first-order chi connectivity index (χ1) is 20.4. The van der Waals surface area contributed by atoms with E-state index in [0.29, 0.717) is 31.1 Å². The summed E-state index contributed by atoms with van der Waals surface area (Å²) in [5, 5.41) is 21.8. The molecule has 242 valence electrons. The number of aliphatic hydroxyl groups is 1. The first-order valence-electron chi connectivity index (χ1n) is 16.9. The summed E-state index contributed by atoms with van der Waals surface area (Å²) in [5.41, 5.74) is -0.587. The van der Waals surface area contributed by atoms with Gasteiger partial charge in [-0.3, -0.25) is 4.79 Å². The minimum atomic E-state index is -4.45. The van der Waals surface area contributed by atoms with Crippen LogP contribution in [0.3, 0.4) is 0 Å². The highest BCUT2D eigenvalue weighted by Crippen LogP contribution is 2.77. The van der Waals surface area contributed by atoms with Crippen LogP contribution in [0, 0.1) is 56.7 Å². The Labute approximate surface area is 261 Å². The van der Waals surface area contributed by atoms with Gasteiger partial charge in [0.1, 0.15) is 0 Å². The molecule has 0 amide bonds. The minimum Gasteiger partial charge on any atom is -0.481 e. The molecule has 0 heterocycles. The maximum absolute atomic E-state index is 13.7. The molecule has 0 aromatic heterocycles. The van der Waals surface area contributed by atoms with E-state index in [1.165, 1.54) is 18.2 Å². The topological polar surface area (TPSA) is 57.5 Å². The molecular formula is C38H51F3O3. The molecule has 0 unspecified atom stereocenters. The zero-order valence-electron chi connectivity index (χ0n) is 27.1. The number of carbonyl (C=O) groups is 1. The monoisotopic (exact) mass is 612 g/mol. The van der Waals surface area contributed by atoms with E-state index < -0.39 is 23.1 Å². The molecule has 6 rings (SSSR count). The molecule has 6 heteroatoms. The van der Waals surface area contributed by atoms with Gasteiger partial charge >= 0.3 is 12.1 Å². The van der Waals surface area contributed by atoms with Gasteiger partial charge < -0.3 is 10.2 Å². The van der Waals surface area contributed by atoms with Gasteiger partial charge in [-0.2, -0.15) is 13.2 Å². The Morgan fingerprint density at radius 1 is 0.886 bits per heavy atom. The van der Waals surface area contributed by atoms with Crippen LogP contribution in [0.25, 0.3) is 6.08 Å². The molecule has 2 N–H and O–H groups in total. The van der Waals surface area contributed by atoms with E-state index in [-0.39, 0.29) is 51.1 Å². The van der Waals surface area contributed by atoms with Crippen LogP contribution in [-0.2, 0) is 11.0 Å². The normalized spacial score (nSPS) is 44.8. The van der Waals surface area contributed by atoms with Crippen molar-refractivity contribution in [2.45, 2.75) is 111 Å². The predicted molar refractivity (Wildman–Crippen MR) is 167 cm³/mol. The van der Waals surface area contributed by atoms with Crippen LogP contribution < -0.4 is 0 Å². The smallest absolute Gasteiger partial charge is 0.416 e. The van der Waals surface area contributed by atoms with Crippen LogP contribution in [0.5, 0.6) is 0 Å². The molecule has 1 aromatic rings. The summed E-state index contributed by atoms with van der Waals surface area (Å²) < 4.78 is 41.1. The van der Waals surface area contributed by atoms with Crippen molar-refractivity contribution in [2.24, 2.45) is 56.7 Å². The number of benzene rings is 1. The summed E-state index contributed by atoms with van der Waals surface area (Å²) in [4.78, 5) is 13.1. The first kappa shape index (κ1) is 31.9. The van der Waals surface area contributed by atoms with Gasteiger partial charge in [0.15, 0.2) is 0 Å². The van der Waals surface area contributed by atoms with Crippen LogP contribution in [0.2, 0.25) is 0 Å². The lowest BCUT2D eigenvalue weighted by Gasteiger charge is -2.72. The predicted octanol–water partition coefficient (Wildman–Crippen LogP) is 9.80. The van der Waals surface area contributed by atoms with Gasteiger partial charge in [0.05, 0.1) is 17.1 Å². The van der Waals surface area contributed by atoms with Crippen molar-refractivity contribution >= 4 is 12.0 Å². The molecule has 5 aliphatic rings. The molecule has 5 saturated carbocycles. The molecule has 0 spiro atoms. The highest BCUT2D eigenvalue weighted by Gasteiger charge is 2.72. The highest BCUT2D eigenvalue weighted by atomic mass is 19.4. The molecule has 5 fully saturated rings. The molecule has 0 aliphatic heterocycles. The van der Waals surface area contributed by atoms with E-state index in [2.05, 4.69) is 41.2 Å². The van der Waals surface area contributed by atoms with E-state index in [1.54, 1.807) is 12.1 Å². The first-order valence-corrected chi connectivity index (χ1v) is 16.9. The summed E-state index contributed by atoms with van der Waals surface area (Å²) in [5.74, 6) is 0.333. The summed E-state index contributed by atoms with van der Waals surface area (Å²) in [7, 11) is 0. The van der Waals surface area contributed by atoms with Crippen molar-refractivity contribution < 1.29 is 28.2 Å². The van der Waals surface area contributed by atoms with Gasteiger partial charge in [0.2, 0.25) is 0 Å². The number of allylic oxidation sites excluding steroid dienone is 2. The van der Waals surface area contributed by atoms with Gasteiger partial charge in [0.25, 0.3) is 0 Å². The Balaban J connectivity index is 1.35. The number of aliphatic carboxylic acids is 1. The van der Waals surface area contributed by atoms with E-state index in [0.717, 1.165) is 56.6 Å². The fraction of sp³-hybridized carbons (Fsp3) is 0.711. The fourth-order valence-electron chi connectivity index (χ4n) is 12.6. The Morgan fingerprint density at radius 3 is 2.27 bits per heavy atom. The zero-order chi connectivity index (χ0) is 32.1. The van der Waals surface area contributed by atoms with Gasteiger partial charge in [0, 0.05) is 0 Å². The maximum Gasteiger partial charge on any atom is 0.416 e. The number of hydrogen-bond donors (Lipinski definition) is 2. The average Bonchev–Trinajstić information content (AvgIpc) is 3.35. The van der Waals surface area contributed by atoms with Gasteiger partial charge in [-0.15, -0.1) is 0 Å². The summed E-state index contributed by atoms with van der Waals surface area (Å²) >= 11 is 0. The van der Waals surface area contributed by atoms with Crippen LogP contribution >= 0.6 is 0 Å². The third-order valence-electron chi connectivity index (χ3n) is 15.1. The Kier molecular flexibility index (Phi) is 7.40. The number of alkyl halides is 3. The molecular weight excluding hydrogens is 561 g/mol. The second-order valence-electron chi connectivity index (χ2n) is 16.7. The van der Waals surface area contributed by atoms with Crippen molar-refractivity contribution in [2.75, 3.05) is 0 Å². The molecule has 3 nitrogen and oxygen atoms in total. The van der Waals surface area contributed by atoms with Gasteiger partial charge in [-0.25, -0.2) is 0 Å². The number of aliphatic hydroxyl groups excluding tert-OH is 1. The van der Waals surface area contributed by atoms with Crippen LogP contribution in [0.4, 0.5) is 13.2 Å². The lowest BCUT2D eigenvalue weighted by Crippen LogP contribution is -2.67. The molecule has 0 bridgehead atoms. The molecule has 44 heavy (non-hydrogen) atoms. The minimum absolute atomic E-state index is 0.0385. The van der Waals surface area contributed by atoms with Crippen LogP contribution in [-0.4, -0.2) is 22.3 Å². The largest absolute Gasteiger partial charge is 0.481 e. The van der Waals surface area contributed by atoms with Crippen molar-refractivity contribution in [3.63, 3.8) is 0 Å². The number of halogens is 3. The Hall–Kier alpha value is -2.08. The van der Waals surface area contributed by atoms with Gasteiger partial charge in [-0.1, -0.05) is 77.1 Å². The molecule has 10 atom stereocenters.